The third-order valence-electron chi connectivity index (χ3n) is 4.55. The highest BCUT2D eigenvalue weighted by atomic mass is 35.5. The molecule has 2 atom stereocenters. The maximum Gasteiger partial charge on any atom is 0.206 e. The van der Waals surface area contributed by atoms with E-state index in [2.05, 4.69) is 15.4 Å². The highest BCUT2D eigenvalue weighted by molar-refractivity contribution is 6.37. The molecule has 0 saturated heterocycles. The van der Waals surface area contributed by atoms with Crippen LogP contribution in [0.15, 0.2) is 41.5 Å². The van der Waals surface area contributed by atoms with E-state index in [1.807, 2.05) is 6.92 Å². The molecule has 8 nitrogen and oxygen atoms in total. The molecule has 2 aromatic carbocycles. The van der Waals surface area contributed by atoms with Crippen molar-refractivity contribution in [2.75, 3.05) is 5.01 Å². The summed E-state index contributed by atoms with van der Waals surface area (Å²) in [7, 11) is 0. The van der Waals surface area contributed by atoms with Gasteiger partial charge in [-0.25, -0.2) is 15.3 Å². The van der Waals surface area contributed by atoms with Gasteiger partial charge in [-0.15, -0.1) is 0 Å². The average molecular weight is 479 g/mol. The van der Waals surface area contributed by atoms with Gasteiger partial charge in [-0.05, 0) is 48.9 Å². The number of hydrogen-bond acceptors (Lipinski definition) is 8. The number of nitrogens with one attached hydrogen (secondary N) is 1. The summed E-state index contributed by atoms with van der Waals surface area (Å²) < 4.78 is 5.91. The van der Waals surface area contributed by atoms with Crippen LogP contribution in [0.1, 0.15) is 5.56 Å². The van der Waals surface area contributed by atoms with Crippen molar-refractivity contribution in [3.8, 4) is 17.6 Å². The van der Waals surface area contributed by atoms with Gasteiger partial charge in [-0.3, -0.25) is 0 Å². The van der Waals surface area contributed by atoms with E-state index in [-0.39, 0.29) is 27.2 Å². The molecule has 0 aliphatic carbocycles. The Morgan fingerprint density at radius 2 is 1.84 bits per heavy atom. The molecular formula is C20H14Cl3N5O3. The first-order chi connectivity index (χ1) is 14.8. The summed E-state index contributed by atoms with van der Waals surface area (Å²) in [5.74, 6) is 0.693. The molecule has 158 valence electrons. The van der Waals surface area contributed by atoms with E-state index in [9.17, 15) is 10.2 Å². The Hall–Kier alpha value is -2.64. The first-order valence-electron chi connectivity index (χ1n) is 8.90. The Morgan fingerprint density at radius 3 is 2.52 bits per heavy atom. The monoisotopic (exact) mass is 477 g/mol. The molecule has 0 bridgehead atoms. The zero-order valence-corrected chi connectivity index (χ0v) is 18.1. The van der Waals surface area contributed by atoms with Crippen molar-refractivity contribution in [2.45, 2.75) is 19.5 Å². The number of fused-ring (bicyclic) bond motifs is 1. The van der Waals surface area contributed by atoms with E-state index >= 15 is 0 Å². The summed E-state index contributed by atoms with van der Waals surface area (Å²) >= 11 is 18.8. The minimum absolute atomic E-state index is 0.153. The van der Waals surface area contributed by atoms with Crippen molar-refractivity contribution in [3.63, 3.8) is 0 Å². The SMILES string of the molecule is Cc1cc(Cl)nc2ccc(Oc3c(Cl)cc(N4N=C(C#N)C(O)NC4O)cc3Cl)cc12. The molecule has 31 heavy (non-hydrogen) atoms. The second-order valence-corrected chi connectivity index (χ2v) is 7.87. The lowest BCUT2D eigenvalue weighted by atomic mass is 10.1. The Labute approximate surface area is 191 Å². The molecule has 11 heteroatoms. The fraction of sp³-hybridized carbons (Fsp3) is 0.150. The van der Waals surface area contributed by atoms with Crippen LogP contribution in [0.4, 0.5) is 5.69 Å². The number of aryl methyl sites for hydroxylation is 1. The van der Waals surface area contributed by atoms with Crippen molar-refractivity contribution in [3.05, 3.63) is 57.2 Å². The van der Waals surface area contributed by atoms with Gasteiger partial charge in [0.15, 0.2) is 17.7 Å². The second-order valence-electron chi connectivity index (χ2n) is 6.67. The molecule has 3 aromatic rings. The van der Waals surface area contributed by atoms with Gasteiger partial charge in [-0.1, -0.05) is 34.8 Å². The molecule has 1 aliphatic heterocycles. The minimum atomic E-state index is -1.39. The summed E-state index contributed by atoms with van der Waals surface area (Å²) in [6.07, 6.45) is -2.78. The normalized spacial score (nSPS) is 18.6. The molecule has 3 N–H and O–H groups in total. The fourth-order valence-corrected chi connectivity index (χ4v) is 3.90. The molecule has 0 radical (unpaired) electrons. The van der Waals surface area contributed by atoms with Crippen molar-refractivity contribution in [2.24, 2.45) is 5.10 Å². The number of hydrazone groups is 1. The van der Waals surface area contributed by atoms with Crippen LogP contribution in [0.3, 0.4) is 0 Å². The Kier molecular flexibility index (Phi) is 5.90. The number of hydrogen-bond donors (Lipinski definition) is 3. The lowest BCUT2D eigenvalue weighted by Crippen LogP contribution is -2.55. The number of pyridine rings is 1. The summed E-state index contributed by atoms with van der Waals surface area (Å²) in [5, 5.41) is 37.9. The standard InChI is InChI=1S/C20H14Cl3N5O3/c1-9-4-17(23)25-15-3-2-11(7-12(9)15)31-18-13(21)5-10(6-14(18)22)28-20(30)26-19(29)16(8-24)27-28/h2-7,19-20,26,29-30H,1H3. The van der Waals surface area contributed by atoms with Gasteiger partial charge >= 0.3 is 0 Å². The number of rotatable bonds is 3. The number of halogens is 3. The van der Waals surface area contributed by atoms with Crippen LogP contribution in [0.25, 0.3) is 10.9 Å². The van der Waals surface area contributed by atoms with E-state index in [1.54, 1.807) is 30.3 Å². The van der Waals surface area contributed by atoms with E-state index < -0.39 is 12.6 Å². The molecule has 1 aliphatic rings. The van der Waals surface area contributed by atoms with Gasteiger partial charge in [-0.2, -0.15) is 10.4 Å². The number of benzene rings is 2. The zero-order valence-electron chi connectivity index (χ0n) is 15.8. The van der Waals surface area contributed by atoms with E-state index in [0.29, 0.717) is 10.9 Å². The maximum absolute atomic E-state index is 10.1. The number of aliphatic hydroxyl groups excluding tert-OH is 2. The van der Waals surface area contributed by atoms with E-state index in [4.69, 9.17) is 44.8 Å². The molecule has 0 saturated carbocycles. The van der Waals surface area contributed by atoms with Crippen molar-refractivity contribution in [1.82, 2.24) is 10.3 Å². The van der Waals surface area contributed by atoms with Gasteiger partial charge in [0.2, 0.25) is 6.35 Å². The van der Waals surface area contributed by atoms with E-state index in [1.165, 1.54) is 12.1 Å². The second kappa shape index (κ2) is 8.48. The predicted molar refractivity (Wildman–Crippen MR) is 119 cm³/mol. The van der Waals surface area contributed by atoms with Crippen molar-refractivity contribution >= 4 is 57.1 Å². The zero-order chi connectivity index (χ0) is 22.3. The van der Waals surface area contributed by atoms with Crippen LogP contribution in [0.2, 0.25) is 15.2 Å². The Balaban J connectivity index is 1.68. The topological polar surface area (TPSA) is 114 Å². The Bertz CT molecular complexity index is 1240. The van der Waals surface area contributed by atoms with Crippen molar-refractivity contribution in [1.29, 1.82) is 5.26 Å². The van der Waals surface area contributed by atoms with Gasteiger partial charge in [0.1, 0.15) is 17.0 Å². The number of ether oxygens (including phenoxy) is 1. The van der Waals surface area contributed by atoms with Crippen molar-refractivity contribution < 1.29 is 14.9 Å². The molecule has 2 unspecified atom stereocenters. The largest absolute Gasteiger partial charge is 0.454 e. The third kappa shape index (κ3) is 4.25. The smallest absolute Gasteiger partial charge is 0.206 e. The third-order valence-corrected chi connectivity index (χ3v) is 5.31. The van der Waals surface area contributed by atoms with Crippen LogP contribution < -0.4 is 15.1 Å². The number of anilines is 1. The van der Waals surface area contributed by atoms with Gasteiger partial charge in [0.25, 0.3) is 0 Å². The Morgan fingerprint density at radius 1 is 1.13 bits per heavy atom. The lowest BCUT2D eigenvalue weighted by molar-refractivity contribution is 0.0631. The highest BCUT2D eigenvalue weighted by Gasteiger charge is 2.29. The minimum Gasteiger partial charge on any atom is -0.454 e. The predicted octanol–water partition coefficient (Wildman–Crippen LogP) is 4.18. The summed E-state index contributed by atoms with van der Waals surface area (Å²) in [5.41, 5.74) is 1.73. The molecular weight excluding hydrogens is 465 g/mol. The summed E-state index contributed by atoms with van der Waals surface area (Å²) in [6, 6.07) is 11.7. The van der Waals surface area contributed by atoms with Gasteiger partial charge in [0.05, 0.1) is 21.2 Å². The number of nitriles is 1. The van der Waals surface area contributed by atoms with Crippen LogP contribution >= 0.6 is 34.8 Å². The van der Waals surface area contributed by atoms with Crippen LogP contribution in [0, 0.1) is 18.3 Å². The lowest BCUT2D eigenvalue weighted by Gasteiger charge is -2.32. The highest BCUT2D eigenvalue weighted by Crippen LogP contribution is 2.41. The molecule has 0 amide bonds. The van der Waals surface area contributed by atoms with Crippen LogP contribution in [-0.4, -0.2) is 33.5 Å². The average Bonchev–Trinajstić information content (AvgIpc) is 2.71. The quantitative estimate of drug-likeness (QED) is 0.484. The number of aliphatic hydroxyl groups is 2. The first kappa shape index (κ1) is 21.6. The van der Waals surface area contributed by atoms with E-state index in [0.717, 1.165) is 21.5 Å². The molecule has 2 heterocycles. The van der Waals surface area contributed by atoms with Crippen LogP contribution in [-0.2, 0) is 0 Å². The van der Waals surface area contributed by atoms with Gasteiger partial charge < -0.3 is 14.9 Å². The maximum atomic E-state index is 10.1. The summed E-state index contributed by atoms with van der Waals surface area (Å²) in [6.45, 7) is 1.92. The fourth-order valence-electron chi connectivity index (χ4n) is 3.09. The molecule has 0 fully saturated rings. The number of nitrogens with zero attached hydrogens (tertiary/aromatic N) is 4. The molecule has 4 rings (SSSR count). The summed E-state index contributed by atoms with van der Waals surface area (Å²) in [4.78, 5) is 4.28. The molecule has 1 aromatic heterocycles. The first-order valence-corrected chi connectivity index (χ1v) is 10.0. The number of aromatic nitrogens is 1. The molecule has 0 spiro atoms. The van der Waals surface area contributed by atoms with Gasteiger partial charge in [0, 0.05) is 5.39 Å². The van der Waals surface area contributed by atoms with Crippen LogP contribution in [0.5, 0.6) is 11.5 Å².